The molecule has 9 nitrogen and oxygen atoms in total. The van der Waals surface area contributed by atoms with Gasteiger partial charge in [-0.15, -0.1) is 18.3 Å². The molecule has 1 aliphatic heterocycles. The number of halogens is 5. The van der Waals surface area contributed by atoms with Crippen molar-refractivity contribution in [2.75, 3.05) is 10.7 Å². The van der Waals surface area contributed by atoms with Crippen molar-refractivity contribution in [2.24, 2.45) is 10.1 Å². The SMILES string of the molecule is Cc1ccc(C2CC2(F)F)c(N2C(=O)CS/C2=N\C(=S)N/N=C/c2ccc(-c3ncn(-c4ccc(OC(F)(F)F)cc4)n3)cc2)c1. The van der Waals surface area contributed by atoms with Crippen LogP contribution in [0.15, 0.2) is 83.2 Å². The molecule has 0 bridgehead atoms. The highest BCUT2D eigenvalue weighted by Gasteiger charge is 2.58. The highest BCUT2D eigenvalue weighted by atomic mass is 32.2. The van der Waals surface area contributed by atoms with Gasteiger partial charge >= 0.3 is 6.36 Å². The fraction of sp³-hybridized carbons (Fsp3) is 0.200. The number of ether oxygens (including phenoxy) is 1. The lowest BCUT2D eigenvalue weighted by Gasteiger charge is -2.20. The molecule has 4 aromatic rings. The summed E-state index contributed by atoms with van der Waals surface area (Å²) in [6, 6.07) is 17.4. The molecule has 2 aliphatic rings. The molecule has 1 aliphatic carbocycles. The second-order valence-corrected chi connectivity index (χ2v) is 11.7. The summed E-state index contributed by atoms with van der Waals surface area (Å²) in [5.41, 5.74) is 6.13. The van der Waals surface area contributed by atoms with Crippen LogP contribution in [0.2, 0.25) is 0 Å². The number of aromatic nitrogens is 3. The van der Waals surface area contributed by atoms with Crippen LogP contribution in [0.25, 0.3) is 17.1 Å². The molecule has 46 heavy (non-hydrogen) atoms. The lowest BCUT2D eigenvalue weighted by molar-refractivity contribution is -0.274. The quantitative estimate of drug-likeness (QED) is 0.102. The van der Waals surface area contributed by atoms with Gasteiger partial charge in [-0.1, -0.05) is 48.2 Å². The molecule has 1 aromatic heterocycles. The number of nitrogens with zero attached hydrogens (tertiary/aromatic N) is 6. The number of alkyl halides is 5. The summed E-state index contributed by atoms with van der Waals surface area (Å²) in [5.74, 6) is -3.87. The Kier molecular flexibility index (Phi) is 8.33. The summed E-state index contributed by atoms with van der Waals surface area (Å²) < 4.78 is 70.4. The third kappa shape index (κ3) is 7.07. The molecule has 2 heterocycles. The molecule has 0 radical (unpaired) electrons. The number of aliphatic imine (C=N–C) groups is 1. The van der Waals surface area contributed by atoms with Crippen LogP contribution in [-0.4, -0.2) is 55.2 Å². The first-order valence-electron chi connectivity index (χ1n) is 13.6. The summed E-state index contributed by atoms with van der Waals surface area (Å²) in [7, 11) is 0. The number of benzene rings is 3. The Morgan fingerprint density at radius 2 is 1.85 bits per heavy atom. The van der Waals surface area contributed by atoms with E-state index in [-0.39, 0.29) is 34.1 Å². The second-order valence-electron chi connectivity index (χ2n) is 10.3. The number of rotatable bonds is 7. The predicted molar refractivity (Wildman–Crippen MR) is 168 cm³/mol. The number of anilines is 1. The molecule has 2 fully saturated rings. The summed E-state index contributed by atoms with van der Waals surface area (Å²) in [6.07, 6.45) is -2.09. The maximum absolute atomic E-state index is 13.9. The first-order valence-corrected chi connectivity index (χ1v) is 15.0. The van der Waals surface area contributed by atoms with Crippen LogP contribution >= 0.6 is 24.0 Å². The summed E-state index contributed by atoms with van der Waals surface area (Å²) in [4.78, 5) is 22.7. The van der Waals surface area contributed by atoms with Crippen molar-refractivity contribution in [2.45, 2.75) is 31.5 Å². The topological polar surface area (TPSA) is 97.0 Å². The molecule has 0 spiro atoms. The smallest absolute Gasteiger partial charge is 0.406 e. The molecular weight excluding hydrogens is 650 g/mol. The van der Waals surface area contributed by atoms with E-state index < -0.39 is 18.2 Å². The molecule has 3 aromatic carbocycles. The summed E-state index contributed by atoms with van der Waals surface area (Å²) >= 11 is 6.46. The number of hydrogen-bond acceptors (Lipinski definition) is 7. The largest absolute Gasteiger partial charge is 0.573 e. The molecule has 1 atom stereocenters. The van der Waals surface area contributed by atoms with Crippen LogP contribution in [0, 0.1) is 6.92 Å². The number of amides is 1. The van der Waals surface area contributed by atoms with Crippen molar-refractivity contribution in [1.82, 2.24) is 20.2 Å². The normalized spacial score (nSPS) is 18.4. The third-order valence-electron chi connectivity index (χ3n) is 6.96. The Hall–Kier alpha value is -4.70. The van der Waals surface area contributed by atoms with E-state index in [1.54, 1.807) is 42.5 Å². The first-order chi connectivity index (χ1) is 21.9. The van der Waals surface area contributed by atoms with Crippen LogP contribution in [0.3, 0.4) is 0 Å². The Bertz CT molecular complexity index is 1860. The number of carbonyl (C=O) groups is 1. The van der Waals surface area contributed by atoms with Gasteiger partial charge in [-0.3, -0.25) is 15.1 Å². The van der Waals surface area contributed by atoms with Gasteiger partial charge in [0, 0.05) is 12.0 Å². The lowest BCUT2D eigenvalue weighted by Crippen LogP contribution is -2.31. The fourth-order valence-corrected chi connectivity index (χ4v) is 5.75. The van der Waals surface area contributed by atoms with E-state index in [1.807, 2.05) is 6.92 Å². The highest BCUT2D eigenvalue weighted by Crippen LogP contribution is 2.58. The van der Waals surface area contributed by atoms with Crippen molar-refractivity contribution in [1.29, 1.82) is 0 Å². The van der Waals surface area contributed by atoms with Crippen LogP contribution < -0.4 is 15.1 Å². The minimum Gasteiger partial charge on any atom is -0.406 e. The zero-order valence-corrected chi connectivity index (χ0v) is 25.3. The average molecular weight is 672 g/mol. The number of nitrogens with one attached hydrogen (secondary N) is 1. The maximum Gasteiger partial charge on any atom is 0.573 e. The summed E-state index contributed by atoms with van der Waals surface area (Å²) in [6.45, 7) is 1.82. The zero-order chi connectivity index (χ0) is 32.6. The molecular formula is C30H22F5N7O2S2. The van der Waals surface area contributed by atoms with Crippen molar-refractivity contribution >= 4 is 52.1 Å². The van der Waals surface area contributed by atoms with Crippen molar-refractivity contribution in [3.05, 3.63) is 89.7 Å². The molecule has 6 rings (SSSR count). The number of hydrazone groups is 1. The maximum atomic E-state index is 13.9. The Morgan fingerprint density at radius 1 is 1.13 bits per heavy atom. The number of hydrogen-bond donors (Lipinski definition) is 1. The zero-order valence-electron chi connectivity index (χ0n) is 23.7. The standard InChI is InChI=1S/C30H22F5N7O2S2/c1-17-2-11-22(23-13-29(23,31)32)24(12-17)42-25(43)15-46-28(42)38-27(45)39-37-14-18-3-5-19(6-4-18)26-36-16-41(40-26)20-7-9-21(10-8-20)44-30(33,34)35/h2-12,14,16,23H,13,15H2,1H3,(H,39,45)/b37-14+,38-28-. The van der Waals surface area contributed by atoms with E-state index in [4.69, 9.17) is 12.2 Å². The molecule has 236 valence electrons. The highest BCUT2D eigenvalue weighted by molar-refractivity contribution is 8.15. The number of aryl methyl sites for hydroxylation is 1. The Labute approximate surface area is 268 Å². The van der Waals surface area contributed by atoms with Gasteiger partial charge in [-0.05, 0) is 66.2 Å². The lowest BCUT2D eigenvalue weighted by atomic mass is 10.0. The van der Waals surface area contributed by atoms with Crippen LogP contribution in [0.4, 0.5) is 27.6 Å². The van der Waals surface area contributed by atoms with E-state index in [0.717, 1.165) is 17.3 Å². The van der Waals surface area contributed by atoms with Crippen LogP contribution in [-0.2, 0) is 4.79 Å². The Morgan fingerprint density at radius 3 is 2.52 bits per heavy atom. The van der Waals surface area contributed by atoms with Gasteiger partial charge in [0.05, 0.1) is 29.3 Å². The number of thioether (sulfide) groups is 1. The first kappa shape index (κ1) is 31.3. The Balaban J connectivity index is 1.09. The monoisotopic (exact) mass is 671 g/mol. The molecule has 1 unspecified atom stereocenters. The van der Waals surface area contributed by atoms with E-state index in [1.165, 1.54) is 46.4 Å². The molecule has 1 N–H and O–H groups in total. The van der Waals surface area contributed by atoms with Gasteiger partial charge in [-0.2, -0.15) is 10.1 Å². The average Bonchev–Trinajstić information content (AvgIpc) is 3.30. The minimum absolute atomic E-state index is 0.0197. The van der Waals surface area contributed by atoms with E-state index >= 15 is 0 Å². The summed E-state index contributed by atoms with van der Waals surface area (Å²) in [5, 5.41) is 8.75. The molecule has 16 heteroatoms. The van der Waals surface area contributed by atoms with Gasteiger partial charge in [0.1, 0.15) is 12.1 Å². The predicted octanol–water partition coefficient (Wildman–Crippen LogP) is 6.61. The third-order valence-corrected chi connectivity index (χ3v) is 8.07. The van der Waals surface area contributed by atoms with E-state index in [0.29, 0.717) is 33.9 Å². The fourth-order valence-electron chi connectivity index (χ4n) is 4.69. The minimum atomic E-state index is -4.78. The van der Waals surface area contributed by atoms with Crippen molar-refractivity contribution < 1.29 is 31.5 Å². The molecule has 1 saturated heterocycles. The number of carbonyl (C=O) groups excluding carboxylic acids is 1. The molecule has 1 saturated carbocycles. The van der Waals surface area contributed by atoms with Gasteiger partial charge in [0.25, 0.3) is 5.92 Å². The van der Waals surface area contributed by atoms with E-state index in [9.17, 15) is 26.7 Å². The van der Waals surface area contributed by atoms with Crippen molar-refractivity contribution in [3.8, 4) is 22.8 Å². The van der Waals surface area contributed by atoms with Gasteiger partial charge in [-0.25, -0.2) is 18.4 Å². The van der Waals surface area contributed by atoms with Crippen molar-refractivity contribution in [3.63, 3.8) is 0 Å². The van der Waals surface area contributed by atoms with Gasteiger partial charge in [0.2, 0.25) is 11.0 Å². The van der Waals surface area contributed by atoms with Crippen LogP contribution in [0.1, 0.15) is 29.0 Å². The van der Waals surface area contributed by atoms with Gasteiger partial charge in [0.15, 0.2) is 11.0 Å². The number of amidine groups is 1. The van der Waals surface area contributed by atoms with Gasteiger partial charge < -0.3 is 4.74 Å². The second kappa shape index (κ2) is 12.2. The number of thiocarbonyl (C=S) groups is 1. The van der Waals surface area contributed by atoms with Crippen LogP contribution in [0.5, 0.6) is 5.75 Å². The van der Waals surface area contributed by atoms with E-state index in [2.05, 4.69) is 30.3 Å². The molecule has 1 amide bonds.